The molecule has 2 rings (SSSR count). The van der Waals surface area contributed by atoms with E-state index in [2.05, 4.69) is 20.7 Å². The van der Waals surface area contributed by atoms with Crippen LogP contribution in [-0.4, -0.2) is 73.0 Å². The van der Waals surface area contributed by atoms with Crippen LogP contribution >= 0.6 is 0 Å². The van der Waals surface area contributed by atoms with Crippen LogP contribution in [0.1, 0.15) is 66.4 Å². The molecule has 5 atom stereocenters. The molecule has 0 unspecified atom stereocenters. The normalized spacial score (nSPS) is 18.7. The van der Waals surface area contributed by atoms with Crippen molar-refractivity contribution in [1.82, 2.24) is 15.9 Å². The zero-order valence-electron chi connectivity index (χ0n) is 27.6. The molecule has 13 heteroatoms. The van der Waals surface area contributed by atoms with Crippen molar-refractivity contribution in [2.45, 2.75) is 97.0 Å². The summed E-state index contributed by atoms with van der Waals surface area (Å²) in [5, 5.41) is 9.49. The van der Waals surface area contributed by atoms with E-state index in [1.165, 1.54) is 0 Å². The minimum absolute atomic E-state index is 0.0597. The van der Waals surface area contributed by atoms with Crippen molar-refractivity contribution in [3.63, 3.8) is 0 Å². The summed E-state index contributed by atoms with van der Waals surface area (Å²) in [6.07, 6.45) is 0.517. The Morgan fingerprint density at radius 3 is 1.93 bits per heavy atom. The van der Waals surface area contributed by atoms with Gasteiger partial charge in [0.2, 0.25) is 29.1 Å². The van der Waals surface area contributed by atoms with E-state index in [9.17, 15) is 24.0 Å². The number of amides is 3. The minimum atomic E-state index is -1.79. The molecule has 1 heterocycles. The van der Waals surface area contributed by atoms with Crippen molar-refractivity contribution < 1.29 is 34.9 Å². The number of nitrogens with one attached hydrogen (secondary N) is 3. The molecule has 13 nitrogen and oxygen atoms in total. The standard InChI is InChI=1S/C31H46N6O7/c1-18(2)13-22(26(38)31(17-44-31)30(42)43-7)33-27(39)23(14-19(3)4)34-28(40)24(15-20(5)6)35-29(41)25(36-37-32)16-21-11-9-8-10-12-21/h8-12,18-20,22-25H,13-17H2,1-7H3,(H,33,39)(H,34,40)(H,35,41)/t22-,23-,24-,25-,31+/m0/s1/i/hD. The van der Waals surface area contributed by atoms with Crippen LogP contribution in [0.2, 0.25) is 1.41 Å². The van der Waals surface area contributed by atoms with E-state index < -0.39 is 59.2 Å². The van der Waals surface area contributed by atoms with Gasteiger partial charge < -0.3 is 25.4 Å². The predicted molar refractivity (Wildman–Crippen MR) is 163 cm³/mol. The number of benzene rings is 1. The largest absolute Gasteiger partial charge is 0.466 e. The maximum Gasteiger partial charge on any atom is 0.348 e. The van der Waals surface area contributed by atoms with Gasteiger partial charge >= 0.3 is 5.97 Å². The molecule has 1 aliphatic rings. The first kappa shape index (κ1) is 34.5. The fourth-order valence-electron chi connectivity index (χ4n) is 4.80. The van der Waals surface area contributed by atoms with Crippen molar-refractivity contribution in [2.24, 2.45) is 22.9 Å². The first-order valence-electron chi connectivity index (χ1n) is 15.4. The van der Waals surface area contributed by atoms with E-state index in [0.717, 1.165) is 12.7 Å². The number of esters is 1. The van der Waals surface area contributed by atoms with E-state index in [0.29, 0.717) is 5.31 Å². The highest BCUT2D eigenvalue weighted by Gasteiger charge is 2.62. The van der Waals surface area contributed by atoms with Crippen LogP contribution in [0.4, 0.5) is 0 Å². The number of rotatable bonds is 18. The lowest BCUT2D eigenvalue weighted by molar-refractivity contribution is -0.152. The van der Waals surface area contributed by atoms with Gasteiger partial charge in [-0.05, 0) is 54.5 Å². The second-order valence-electron chi connectivity index (χ2n) is 12.4. The zero-order chi connectivity index (χ0) is 33.9. The highest BCUT2D eigenvalue weighted by atomic mass is 16.6. The number of methoxy groups -OCH3 is 1. The second kappa shape index (κ2) is 16.8. The molecule has 0 aliphatic carbocycles. The number of hydrogen-bond acceptors (Lipinski definition) is 8. The van der Waals surface area contributed by atoms with Crippen LogP contribution in [0, 0.1) is 17.8 Å². The van der Waals surface area contributed by atoms with Gasteiger partial charge in [-0.15, -0.1) is 0 Å². The van der Waals surface area contributed by atoms with Gasteiger partial charge in [0.25, 0.3) is 0 Å². The molecule has 1 saturated heterocycles. The molecule has 242 valence electrons. The maximum absolute atomic E-state index is 13.8. The monoisotopic (exact) mass is 615 g/mol. The summed E-state index contributed by atoms with van der Waals surface area (Å²) < 4.78 is 18.7. The maximum atomic E-state index is 13.8. The van der Waals surface area contributed by atoms with Crippen LogP contribution in [0.5, 0.6) is 0 Å². The third-order valence-electron chi connectivity index (χ3n) is 7.05. The van der Waals surface area contributed by atoms with Gasteiger partial charge in [-0.25, -0.2) is 4.79 Å². The lowest BCUT2D eigenvalue weighted by Gasteiger charge is -2.28. The van der Waals surface area contributed by atoms with E-state index in [4.69, 9.17) is 16.4 Å². The zero-order valence-corrected chi connectivity index (χ0v) is 26.6. The Labute approximate surface area is 260 Å². The fourth-order valence-corrected chi connectivity index (χ4v) is 4.80. The Morgan fingerprint density at radius 2 is 1.43 bits per heavy atom. The minimum Gasteiger partial charge on any atom is -0.466 e. The van der Waals surface area contributed by atoms with Gasteiger partial charge in [-0.2, -0.15) is 0 Å². The third kappa shape index (κ3) is 10.6. The Bertz CT molecular complexity index is 1250. The predicted octanol–water partition coefficient (Wildman–Crippen LogP) is 3.01. The van der Waals surface area contributed by atoms with Gasteiger partial charge in [0.1, 0.15) is 18.1 Å². The Morgan fingerprint density at radius 1 is 0.909 bits per heavy atom. The molecule has 0 radical (unpaired) electrons. The number of Topliss-reactive ketones (excluding diaryl/α,β-unsaturated/α-hetero) is 1. The number of nitrogens with zero attached hydrogens (tertiary/aromatic N) is 3. The van der Waals surface area contributed by atoms with Crippen LogP contribution in [0.3, 0.4) is 0 Å². The summed E-state index contributed by atoms with van der Waals surface area (Å²) in [5.41, 5.74) is 8.06. The number of carbonyl (C=O) groups is 5. The van der Waals surface area contributed by atoms with Gasteiger partial charge in [0.05, 0.1) is 19.8 Å². The van der Waals surface area contributed by atoms with Gasteiger partial charge in [-0.1, -0.05) is 77.0 Å². The summed E-state index contributed by atoms with van der Waals surface area (Å²) in [7, 11) is 1.14. The molecule has 1 aromatic rings. The summed E-state index contributed by atoms with van der Waals surface area (Å²) >= 11 is 0. The number of epoxide rings is 1. The van der Waals surface area contributed by atoms with E-state index in [1.807, 2.05) is 47.6 Å². The quantitative estimate of drug-likeness (QED) is 0.0564. The van der Waals surface area contributed by atoms with Crippen LogP contribution in [-0.2, 0) is 39.9 Å². The average Bonchev–Trinajstić information content (AvgIpc) is 3.79. The van der Waals surface area contributed by atoms with Crippen molar-refractivity contribution in [3.05, 3.63) is 46.3 Å². The Kier molecular flexibility index (Phi) is 13.2. The molecule has 0 spiro atoms. The van der Waals surface area contributed by atoms with E-state index in [-0.39, 0.29) is 50.0 Å². The molecule has 0 saturated carbocycles. The van der Waals surface area contributed by atoms with Crippen LogP contribution < -0.4 is 15.9 Å². The van der Waals surface area contributed by atoms with E-state index in [1.54, 1.807) is 24.3 Å². The highest BCUT2D eigenvalue weighted by Crippen LogP contribution is 2.32. The van der Waals surface area contributed by atoms with Gasteiger partial charge in [-0.3, -0.25) is 19.2 Å². The highest BCUT2D eigenvalue weighted by molar-refractivity contribution is 6.13. The third-order valence-corrected chi connectivity index (χ3v) is 7.05. The summed E-state index contributed by atoms with van der Waals surface area (Å²) in [6.45, 7) is 10.8. The number of hydrogen-bond donors (Lipinski definition) is 3. The lowest BCUT2D eigenvalue weighted by atomic mass is 9.91. The number of carbonyl (C=O) groups excluding carboxylic acids is 5. The first-order valence-corrected chi connectivity index (χ1v) is 14.9. The number of ketones is 1. The van der Waals surface area contributed by atoms with Crippen molar-refractivity contribution in [3.8, 4) is 0 Å². The average molecular weight is 616 g/mol. The first-order chi connectivity index (χ1) is 21.2. The summed E-state index contributed by atoms with van der Waals surface area (Å²) in [6, 6.07) is 4.15. The van der Waals surface area contributed by atoms with Gasteiger partial charge in [0, 0.05) is 4.91 Å². The summed E-state index contributed by atoms with van der Waals surface area (Å²) in [5.74, 6) is -4.06. The molecule has 1 aromatic carbocycles. The molecule has 44 heavy (non-hydrogen) atoms. The molecule has 0 aromatic heterocycles. The van der Waals surface area contributed by atoms with Crippen molar-refractivity contribution in [2.75, 3.05) is 13.7 Å². The molecule has 3 amide bonds. The Hall–Kier alpha value is -3.96. The topological polar surface area (TPSA) is 192 Å². The molecule has 3 N–H and O–H groups in total. The Balaban J connectivity index is 2.32. The smallest absolute Gasteiger partial charge is 0.348 e. The van der Waals surface area contributed by atoms with Crippen LogP contribution in [0.15, 0.2) is 35.4 Å². The van der Waals surface area contributed by atoms with Gasteiger partial charge in [0.15, 0.2) is 1.41 Å². The lowest BCUT2D eigenvalue weighted by Crippen LogP contribution is -2.58. The summed E-state index contributed by atoms with van der Waals surface area (Å²) in [4.78, 5) is 69.2. The molecule has 0 bridgehead atoms. The van der Waals surface area contributed by atoms with Crippen molar-refractivity contribution in [1.29, 1.82) is 0 Å². The fraction of sp³-hybridized carbons (Fsp3) is 0.645. The van der Waals surface area contributed by atoms with E-state index >= 15 is 0 Å². The molecular weight excluding hydrogens is 568 g/mol. The number of ether oxygens (including phenoxy) is 2. The van der Waals surface area contributed by atoms with Crippen molar-refractivity contribution >= 4 is 29.5 Å². The number of azide groups is 1. The molecule has 1 aliphatic heterocycles. The van der Waals surface area contributed by atoms with Crippen LogP contribution in [0.25, 0.3) is 10.4 Å². The molecule has 1 fully saturated rings. The second-order valence-corrected chi connectivity index (χ2v) is 12.4. The SMILES string of the molecule is [2H]N(C(=O)[C@H](CC(C)C)NC(=O)[C@H](Cc1ccccc1)N=[N+]=[N-])[C@@H](CC(C)C)C(=O)N[C@@H](CC(C)C)C(=O)[C@@]1(C(=O)OC)CO1. The molecular formula is C31H46N6O7.